The van der Waals surface area contributed by atoms with Gasteiger partial charge < -0.3 is 29.3 Å². The fourth-order valence-electron chi connectivity index (χ4n) is 7.94. The zero-order valence-corrected chi connectivity index (χ0v) is 29.4. The minimum Gasteiger partial charge on any atom is -0.455 e. The normalized spacial score (nSPS) is 26.1. The Morgan fingerprint density at radius 2 is 1.88 bits per heavy atom. The third-order valence-corrected chi connectivity index (χ3v) is 10.4. The van der Waals surface area contributed by atoms with Crippen molar-refractivity contribution < 1.29 is 33.8 Å². The molecule has 3 saturated heterocycles. The Balaban J connectivity index is 1.72. The number of likely N-dealkylation sites (N-methyl/N-ethyl adjacent to an activating group) is 1. The minimum absolute atomic E-state index is 0.100. The number of fused-ring (bicyclic) bond motifs is 1. The molecule has 10 heteroatoms. The molecule has 10 nitrogen and oxygen atoms in total. The van der Waals surface area contributed by atoms with E-state index < -0.39 is 53.7 Å². The molecule has 1 N–H and O–H groups in total. The molecule has 3 amide bonds. The molecule has 1 spiro atoms. The number of benzene rings is 1. The first-order valence-corrected chi connectivity index (χ1v) is 17.6. The maximum atomic E-state index is 14.6. The van der Waals surface area contributed by atoms with Crippen LogP contribution in [0, 0.1) is 17.8 Å². The number of rotatable bonds is 18. The number of amides is 3. The van der Waals surface area contributed by atoms with Crippen LogP contribution < -0.4 is 0 Å². The van der Waals surface area contributed by atoms with Crippen molar-refractivity contribution in [3.63, 3.8) is 0 Å². The van der Waals surface area contributed by atoms with Crippen molar-refractivity contribution in [3.8, 4) is 0 Å². The monoisotopic (exact) mass is 665 g/mol. The predicted molar refractivity (Wildman–Crippen MR) is 183 cm³/mol. The molecule has 0 unspecified atom stereocenters. The molecule has 0 saturated carbocycles. The van der Waals surface area contributed by atoms with Gasteiger partial charge in [0.15, 0.2) is 0 Å². The van der Waals surface area contributed by atoms with Crippen LogP contribution >= 0.6 is 0 Å². The highest BCUT2D eigenvalue weighted by Crippen LogP contribution is 2.59. The molecule has 3 aliphatic rings. The zero-order chi connectivity index (χ0) is 35.2. The van der Waals surface area contributed by atoms with Crippen LogP contribution in [0.4, 0.5) is 0 Å². The minimum atomic E-state index is -1.22. The number of esters is 1. The molecule has 1 aromatic rings. The Morgan fingerprint density at radius 1 is 1.17 bits per heavy atom. The van der Waals surface area contributed by atoms with Gasteiger partial charge in [0.1, 0.15) is 17.7 Å². The summed E-state index contributed by atoms with van der Waals surface area (Å²) < 4.78 is 13.0. The summed E-state index contributed by atoms with van der Waals surface area (Å²) in [5, 5.41) is 10.6. The summed E-state index contributed by atoms with van der Waals surface area (Å²) in [6.45, 7) is 16.0. The maximum absolute atomic E-state index is 14.6. The van der Waals surface area contributed by atoms with Gasteiger partial charge in [-0.2, -0.15) is 0 Å². The molecule has 48 heavy (non-hydrogen) atoms. The quantitative estimate of drug-likeness (QED) is 0.179. The molecule has 1 aromatic carbocycles. The van der Waals surface area contributed by atoms with Crippen molar-refractivity contribution in [2.75, 3.05) is 26.7 Å². The number of ether oxygens (including phenoxy) is 2. The smallest absolute Gasteiger partial charge is 0.313 e. The summed E-state index contributed by atoms with van der Waals surface area (Å²) in [6, 6.07) is 7.17. The van der Waals surface area contributed by atoms with E-state index in [-0.39, 0.29) is 36.7 Å². The first-order valence-electron chi connectivity index (χ1n) is 17.6. The van der Waals surface area contributed by atoms with Gasteiger partial charge >= 0.3 is 5.97 Å². The van der Waals surface area contributed by atoms with E-state index in [1.807, 2.05) is 51.1 Å². The van der Waals surface area contributed by atoms with E-state index in [0.717, 1.165) is 18.4 Å². The van der Waals surface area contributed by atoms with E-state index in [1.165, 1.54) is 0 Å². The average Bonchev–Trinajstić information content (AvgIpc) is 3.73. The lowest BCUT2D eigenvalue weighted by atomic mass is 9.70. The number of likely N-dealkylation sites (tertiary alicyclic amines) is 1. The van der Waals surface area contributed by atoms with Crippen molar-refractivity contribution in [1.29, 1.82) is 0 Å². The number of nitrogens with zero attached hydrogens (tertiary/aromatic N) is 3. The lowest BCUT2D eigenvalue weighted by Gasteiger charge is -2.39. The lowest BCUT2D eigenvalue weighted by molar-refractivity contribution is -0.165. The first-order chi connectivity index (χ1) is 23.0. The molecule has 4 rings (SSSR count). The second kappa shape index (κ2) is 16.3. The molecule has 3 aliphatic heterocycles. The van der Waals surface area contributed by atoms with Crippen LogP contribution in [-0.2, 0) is 28.7 Å². The van der Waals surface area contributed by atoms with Crippen LogP contribution in [0.15, 0.2) is 55.6 Å². The average molecular weight is 666 g/mol. The van der Waals surface area contributed by atoms with Gasteiger partial charge in [0.2, 0.25) is 17.7 Å². The SMILES string of the molecule is C=CCCC(=O)N(C)[C@H](C)[C@H](OC(=O)[C@@H]1[C@H]2C(=O)N([C@@H](CO)CC(C)C)[C@H](C(=O)N(CC=C)CCCC)[C@]23CC[C@H]1O3)c1ccccc1. The Bertz CT molecular complexity index is 1320. The van der Waals surface area contributed by atoms with Gasteiger partial charge in [0, 0.05) is 26.6 Å². The number of aliphatic hydroxyl groups is 1. The highest BCUT2D eigenvalue weighted by Gasteiger charge is 2.75. The molecule has 0 radical (unpaired) electrons. The fourth-order valence-corrected chi connectivity index (χ4v) is 7.94. The van der Waals surface area contributed by atoms with Gasteiger partial charge in [0.05, 0.1) is 36.6 Å². The molecule has 0 aliphatic carbocycles. The predicted octanol–water partition coefficient (Wildman–Crippen LogP) is 4.68. The molecule has 3 heterocycles. The topological polar surface area (TPSA) is 117 Å². The van der Waals surface area contributed by atoms with Crippen LogP contribution in [-0.4, -0.2) is 100 Å². The molecule has 3 fully saturated rings. The summed E-state index contributed by atoms with van der Waals surface area (Å²) in [6.07, 6.45) is 5.89. The van der Waals surface area contributed by atoms with E-state index in [4.69, 9.17) is 9.47 Å². The van der Waals surface area contributed by atoms with E-state index in [0.29, 0.717) is 38.8 Å². The van der Waals surface area contributed by atoms with Crippen molar-refractivity contribution >= 4 is 23.7 Å². The van der Waals surface area contributed by atoms with Gasteiger partial charge in [-0.25, -0.2) is 0 Å². The summed E-state index contributed by atoms with van der Waals surface area (Å²) in [5.74, 6) is -3.01. The Hall–Kier alpha value is -3.50. The number of hydrogen-bond acceptors (Lipinski definition) is 7. The van der Waals surface area contributed by atoms with E-state index in [9.17, 15) is 24.3 Å². The second-order valence-corrected chi connectivity index (χ2v) is 14.0. The van der Waals surface area contributed by atoms with Gasteiger partial charge in [0.25, 0.3) is 0 Å². The molecule has 8 atom stereocenters. The zero-order valence-electron chi connectivity index (χ0n) is 29.4. The molecule has 264 valence electrons. The van der Waals surface area contributed by atoms with Crippen molar-refractivity contribution in [2.24, 2.45) is 17.8 Å². The summed E-state index contributed by atoms with van der Waals surface area (Å²) in [7, 11) is 1.70. The Morgan fingerprint density at radius 3 is 2.48 bits per heavy atom. The highest BCUT2D eigenvalue weighted by molar-refractivity contribution is 5.98. The van der Waals surface area contributed by atoms with E-state index in [1.54, 1.807) is 33.9 Å². The number of aliphatic hydroxyl groups excluding tert-OH is 1. The number of unbranched alkanes of at least 4 members (excludes halogenated alkanes) is 1. The van der Waals surface area contributed by atoms with Crippen molar-refractivity contribution in [2.45, 2.75) is 109 Å². The highest BCUT2D eigenvalue weighted by atomic mass is 16.6. The third-order valence-electron chi connectivity index (χ3n) is 10.4. The fraction of sp³-hybridized carbons (Fsp3) is 0.632. The lowest BCUT2D eigenvalue weighted by Crippen LogP contribution is -2.59. The van der Waals surface area contributed by atoms with Crippen LogP contribution in [0.1, 0.15) is 84.3 Å². The first kappa shape index (κ1) is 37.3. The number of allylic oxidation sites excluding steroid dienone is 1. The van der Waals surface area contributed by atoms with Crippen LogP contribution in [0.25, 0.3) is 0 Å². The van der Waals surface area contributed by atoms with Crippen LogP contribution in [0.2, 0.25) is 0 Å². The standard InChI is InChI=1S/C38H55N3O7/c1-8-11-18-30(43)39(7)26(6)33(27-16-14-13-15-17-27)47-37(46)31-29-19-20-38(48-29)32(31)35(44)41(28(24-42)23-25(4)5)34(38)36(45)40(21-10-3)22-12-9-2/h8,10,13-17,25-26,28-29,31-34,42H,1,3,9,11-12,18-24H2,2,4-7H3/t26-,28-,29-,31+,32+,33+,34-,38+/m1/s1. The van der Waals surface area contributed by atoms with E-state index in [2.05, 4.69) is 20.1 Å². The number of hydrogen-bond donors (Lipinski definition) is 1. The largest absolute Gasteiger partial charge is 0.455 e. The number of carbonyl (C=O) groups excluding carboxylic acids is 4. The summed E-state index contributed by atoms with van der Waals surface area (Å²) in [5.41, 5.74) is -0.495. The van der Waals surface area contributed by atoms with E-state index >= 15 is 0 Å². The Labute approximate surface area is 286 Å². The summed E-state index contributed by atoms with van der Waals surface area (Å²) in [4.78, 5) is 61.4. The molecular weight excluding hydrogens is 610 g/mol. The van der Waals surface area contributed by atoms with Gasteiger partial charge in [-0.1, -0.05) is 69.7 Å². The van der Waals surface area contributed by atoms with Gasteiger partial charge in [-0.05, 0) is 50.5 Å². The molecule has 0 aromatic heterocycles. The third kappa shape index (κ3) is 7.25. The van der Waals surface area contributed by atoms with Crippen molar-refractivity contribution in [3.05, 3.63) is 61.2 Å². The van der Waals surface area contributed by atoms with Gasteiger partial charge in [-0.15, -0.1) is 13.2 Å². The van der Waals surface area contributed by atoms with Gasteiger partial charge in [-0.3, -0.25) is 19.2 Å². The molecular formula is C38H55N3O7. The van der Waals surface area contributed by atoms with Crippen LogP contribution in [0.3, 0.4) is 0 Å². The summed E-state index contributed by atoms with van der Waals surface area (Å²) >= 11 is 0. The second-order valence-electron chi connectivity index (χ2n) is 14.0. The maximum Gasteiger partial charge on any atom is 0.313 e. The number of carbonyl (C=O) groups is 4. The Kier molecular flexibility index (Phi) is 12.6. The molecule has 2 bridgehead atoms. The van der Waals surface area contributed by atoms with Crippen LogP contribution in [0.5, 0.6) is 0 Å². The van der Waals surface area contributed by atoms with Crippen molar-refractivity contribution in [1.82, 2.24) is 14.7 Å².